The maximum atomic E-state index is 12.1. The third-order valence-electron chi connectivity index (χ3n) is 4.08. The van der Waals surface area contributed by atoms with E-state index in [9.17, 15) is 4.79 Å². The lowest BCUT2D eigenvalue weighted by Gasteiger charge is -2.20. The minimum Gasteiger partial charge on any atom is -0.372 e. The summed E-state index contributed by atoms with van der Waals surface area (Å²) in [5.74, 6) is 0.593. The molecule has 1 aromatic carbocycles. The summed E-state index contributed by atoms with van der Waals surface area (Å²) >= 11 is 5.93. The molecule has 2 aromatic rings. The van der Waals surface area contributed by atoms with Gasteiger partial charge >= 0.3 is 0 Å². The van der Waals surface area contributed by atoms with Crippen LogP contribution in [0, 0.1) is 6.92 Å². The van der Waals surface area contributed by atoms with Crippen molar-refractivity contribution in [2.45, 2.75) is 25.5 Å². The van der Waals surface area contributed by atoms with Crippen molar-refractivity contribution in [2.75, 3.05) is 18.5 Å². The van der Waals surface area contributed by atoms with Gasteiger partial charge in [-0.3, -0.25) is 9.48 Å². The largest absolute Gasteiger partial charge is 0.372 e. The second-order valence-corrected chi connectivity index (χ2v) is 6.40. The van der Waals surface area contributed by atoms with E-state index in [0.717, 1.165) is 17.7 Å². The van der Waals surface area contributed by atoms with Gasteiger partial charge in [-0.15, -0.1) is 0 Å². The summed E-state index contributed by atoms with van der Waals surface area (Å²) in [5.41, 5.74) is 1.94. The van der Waals surface area contributed by atoms with Gasteiger partial charge in [-0.2, -0.15) is 5.10 Å². The van der Waals surface area contributed by atoms with Crippen LogP contribution in [0.1, 0.15) is 23.8 Å². The molecule has 1 aliphatic rings. The van der Waals surface area contributed by atoms with Gasteiger partial charge in [-0.05, 0) is 31.0 Å². The lowest BCUT2D eigenvalue weighted by atomic mass is 10.0. The highest BCUT2D eigenvalue weighted by Crippen LogP contribution is 2.29. The molecule has 6 nitrogen and oxygen atoms in total. The zero-order chi connectivity index (χ0) is 17.1. The first kappa shape index (κ1) is 17.0. The van der Waals surface area contributed by atoms with Crippen LogP contribution in [0.25, 0.3) is 0 Å². The van der Waals surface area contributed by atoms with Gasteiger partial charge < -0.3 is 15.4 Å². The van der Waals surface area contributed by atoms with Crippen LogP contribution in [-0.4, -0.2) is 34.9 Å². The quantitative estimate of drug-likeness (QED) is 0.870. The highest BCUT2D eigenvalue weighted by atomic mass is 35.5. The van der Waals surface area contributed by atoms with Gasteiger partial charge in [0.1, 0.15) is 5.82 Å². The predicted octanol–water partition coefficient (Wildman–Crippen LogP) is 2.44. The molecule has 1 aromatic heterocycles. The van der Waals surface area contributed by atoms with Crippen LogP contribution in [0.5, 0.6) is 0 Å². The number of nitrogens with zero attached hydrogens (tertiary/aromatic N) is 2. The Morgan fingerprint density at radius 2 is 2.17 bits per heavy atom. The summed E-state index contributed by atoms with van der Waals surface area (Å²) < 4.78 is 7.47. The molecule has 1 saturated heterocycles. The second-order valence-electron chi connectivity index (χ2n) is 5.96. The fraction of sp³-hybridized carbons (Fsp3) is 0.412. The molecule has 3 rings (SSSR count). The lowest BCUT2D eigenvalue weighted by Crippen LogP contribution is -2.38. The van der Waals surface area contributed by atoms with Gasteiger partial charge in [-0.25, -0.2) is 0 Å². The molecular weight excluding hydrogens is 328 g/mol. The normalized spacial score (nSPS) is 20.3. The molecule has 0 aliphatic carbocycles. The number of amides is 1. The Kier molecular flexibility index (Phi) is 5.18. The van der Waals surface area contributed by atoms with E-state index < -0.39 is 0 Å². The predicted molar refractivity (Wildman–Crippen MR) is 93.1 cm³/mol. The Hall–Kier alpha value is -1.89. The van der Waals surface area contributed by atoms with Crippen LogP contribution < -0.4 is 10.6 Å². The number of hydrogen-bond acceptors (Lipinski definition) is 4. The Morgan fingerprint density at radius 3 is 2.83 bits per heavy atom. The minimum absolute atomic E-state index is 0.0611. The molecule has 0 radical (unpaired) electrons. The Balaban J connectivity index is 1.56. The molecule has 2 atom stereocenters. The zero-order valence-electron chi connectivity index (χ0n) is 13.8. The first-order chi connectivity index (χ1) is 11.5. The van der Waals surface area contributed by atoms with Crippen LogP contribution in [-0.2, 0) is 16.6 Å². The van der Waals surface area contributed by atoms with E-state index in [1.165, 1.54) is 0 Å². The fourth-order valence-electron chi connectivity index (χ4n) is 2.92. The number of rotatable bonds is 5. The third-order valence-corrected chi connectivity index (χ3v) is 4.34. The molecule has 1 aliphatic heterocycles. The van der Waals surface area contributed by atoms with Gasteiger partial charge in [0.25, 0.3) is 0 Å². The van der Waals surface area contributed by atoms with E-state index in [1.807, 2.05) is 37.3 Å². The number of aryl methyl sites for hydroxylation is 2. The summed E-state index contributed by atoms with van der Waals surface area (Å²) in [5, 5.41) is 11.1. The number of hydrogen-bond donors (Lipinski definition) is 2. The summed E-state index contributed by atoms with van der Waals surface area (Å²) in [6.45, 7) is 2.79. The molecule has 2 N–H and O–H groups in total. The standard InChI is InChI=1S/C17H21ClN4O2/c1-11-9-15(22(2)21-11)20-16(23)10-19-14-7-8-24-17(14)12-3-5-13(18)6-4-12/h3-6,9,14,17,19H,7-8,10H2,1-2H3,(H,20,23)/t14-,17+/m0/s1. The van der Waals surface area contributed by atoms with Crippen molar-refractivity contribution < 1.29 is 9.53 Å². The SMILES string of the molecule is Cc1cc(NC(=O)CN[C@H]2CCO[C@@H]2c2ccc(Cl)cc2)n(C)n1. The van der Waals surface area contributed by atoms with Gasteiger partial charge in [-0.1, -0.05) is 23.7 Å². The lowest BCUT2D eigenvalue weighted by molar-refractivity contribution is -0.115. The molecule has 24 heavy (non-hydrogen) atoms. The van der Waals surface area contributed by atoms with Crippen LogP contribution in [0.3, 0.4) is 0 Å². The van der Waals surface area contributed by atoms with Crippen LogP contribution >= 0.6 is 11.6 Å². The van der Waals surface area contributed by atoms with Crippen molar-refractivity contribution in [3.8, 4) is 0 Å². The van der Waals surface area contributed by atoms with Crippen LogP contribution in [0.2, 0.25) is 5.02 Å². The average molecular weight is 349 g/mol. The van der Waals surface area contributed by atoms with Gasteiger partial charge in [0, 0.05) is 30.8 Å². The summed E-state index contributed by atoms with van der Waals surface area (Å²) in [6, 6.07) is 9.58. The van der Waals surface area contributed by atoms with E-state index >= 15 is 0 Å². The number of carbonyl (C=O) groups is 1. The molecule has 128 valence electrons. The van der Waals surface area contributed by atoms with E-state index in [-0.39, 0.29) is 24.6 Å². The van der Waals surface area contributed by atoms with Crippen molar-refractivity contribution in [3.63, 3.8) is 0 Å². The van der Waals surface area contributed by atoms with E-state index in [2.05, 4.69) is 15.7 Å². The van der Waals surface area contributed by atoms with Gasteiger partial charge in [0.2, 0.25) is 5.91 Å². The van der Waals surface area contributed by atoms with Gasteiger partial charge in [0.15, 0.2) is 0 Å². The second kappa shape index (κ2) is 7.34. The topological polar surface area (TPSA) is 68.2 Å². The highest BCUT2D eigenvalue weighted by molar-refractivity contribution is 6.30. The number of halogens is 1. The molecule has 2 heterocycles. The number of benzene rings is 1. The van der Waals surface area contributed by atoms with Crippen LogP contribution in [0.4, 0.5) is 5.82 Å². The van der Waals surface area contributed by atoms with Crippen LogP contribution in [0.15, 0.2) is 30.3 Å². The molecule has 1 fully saturated rings. The number of nitrogens with one attached hydrogen (secondary N) is 2. The maximum absolute atomic E-state index is 12.1. The van der Waals surface area contributed by atoms with E-state index in [4.69, 9.17) is 16.3 Å². The molecule has 7 heteroatoms. The summed E-state index contributed by atoms with van der Waals surface area (Å²) in [7, 11) is 1.80. The Bertz CT molecular complexity index is 714. The molecule has 0 saturated carbocycles. The maximum Gasteiger partial charge on any atom is 0.239 e. The number of aromatic nitrogens is 2. The Labute approximate surface area is 146 Å². The average Bonchev–Trinajstić information content (AvgIpc) is 3.13. The molecule has 0 spiro atoms. The highest BCUT2D eigenvalue weighted by Gasteiger charge is 2.29. The van der Waals surface area contributed by atoms with Crippen molar-refractivity contribution >= 4 is 23.3 Å². The van der Waals surface area contributed by atoms with E-state index in [1.54, 1.807) is 11.7 Å². The first-order valence-electron chi connectivity index (χ1n) is 7.94. The summed E-state index contributed by atoms with van der Waals surface area (Å²) in [6.07, 6.45) is 0.805. The van der Waals surface area contributed by atoms with Crippen molar-refractivity contribution in [1.82, 2.24) is 15.1 Å². The number of carbonyl (C=O) groups excluding carboxylic acids is 1. The fourth-order valence-corrected chi connectivity index (χ4v) is 3.04. The zero-order valence-corrected chi connectivity index (χ0v) is 14.5. The molecule has 0 unspecified atom stereocenters. The van der Waals surface area contributed by atoms with Crippen molar-refractivity contribution in [3.05, 3.63) is 46.6 Å². The molecule has 1 amide bonds. The van der Waals surface area contributed by atoms with Crippen molar-refractivity contribution in [1.29, 1.82) is 0 Å². The smallest absolute Gasteiger partial charge is 0.239 e. The molecular formula is C17H21ClN4O2. The first-order valence-corrected chi connectivity index (χ1v) is 8.31. The Morgan fingerprint density at radius 1 is 1.42 bits per heavy atom. The number of anilines is 1. The van der Waals surface area contributed by atoms with Gasteiger partial charge in [0.05, 0.1) is 18.3 Å². The minimum atomic E-state index is -0.0974. The summed E-state index contributed by atoms with van der Waals surface area (Å²) in [4.78, 5) is 12.1. The monoisotopic (exact) mass is 348 g/mol. The van der Waals surface area contributed by atoms with Crippen molar-refractivity contribution in [2.24, 2.45) is 7.05 Å². The third kappa shape index (κ3) is 3.95. The molecule has 0 bridgehead atoms. The van der Waals surface area contributed by atoms with E-state index in [0.29, 0.717) is 17.4 Å². The number of ether oxygens (including phenoxy) is 1.